The first kappa shape index (κ1) is 17.9. The first-order valence-corrected chi connectivity index (χ1v) is 9.02. The lowest BCUT2D eigenvalue weighted by atomic mass is 9.92. The van der Waals surface area contributed by atoms with Crippen LogP contribution in [-0.4, -0.2) is 25.7 Å². The van der Waals surface area contributed by atoms with Crippen molar-refractivity contribution in [3.05, 3.63) is 51.7 Å². The molecule has 2 heterocycles. The van der Waals surface area contributed by atoms with Gasteiger partial charge in [0.15, 0.2) is 5.65 Å². The van der Waals surface area contributed by atoms with Crippen molar-refractivity contribution in [2.24, 2.45) is 0 Å². The van der Waals surface area contributed by atoms with E-state index in [2.05, 4.69) is 15.1 Å². The summed E-state index contributed by atoms with van der Waals surface area (Å²) in [5.74, 6) is -1.83. The van der Waals surface area contributed by atoms with Gasteiger partial charge >= 0.3 is 0 Å². The molecule has 0 aliphatic heterocycles. The monoisotopic (exact) mass is 394 g/mol. The molecule has 0 saturated heterocycles. The van der Waals surface area contributed by atoms with Crippen molar-refractivity contribution in [3.8, 4) is 5.75 Å². The second kappa shape index (κ2) is 6.92. The largest absolute Gasteiger partial charge is 0.484 e. The number of para-hydroxylation sites is 1. The zero-order valence-corrected chi connectivity index (χ0v) is 15.0. The Balaban J connectivity index is 1.60. The van der Waals surface area contributed by atoms with Crippen molar-refractivity contribution in [2.45, 2.75) is 44.3 Å². The zero-order valence-electron chi connectivity index (χ0n) is 14.3. The number of fused-ring (bicyclic) bond motifs is 1. The van der Waals surface area contributed by atoms with Gasteiger partial charge in [-0.1, -0.05) is 23.7 Å². The summed E-state index contributed by atoms with van der Waals surface area (Å²) < 4.78 is 34.1. The van der Waals surface area contributed by atoms with Gasteiger partial charge in [0.25, 0.3) is 5.56 Å². The van der Waals surface area contributed by atoms with E-state index in [0.717, 1.165) is 0 Å². The molecule has 27 heavy (non-hydrogen) atoms. The van der Waals surface area contributed by atoms with E-state index >= 15 is 0 Å². The van der Waals surface area contributed by atoms with E-state index in [1.165, 1.54) is 6.20 Å². The molecule has 1 aliphatic rings. The van der Waals surface area contributed by atoms with Gasteiger partial charge < -0.3 is 9.72 Å². The number of hydrogen-bond acceptors (Lipinski definition) is 4. The van der Waals surface area contributed by atoms with E-state index in [4.69, 9.17) is 16.3 Å². The van der Waals surface area contributed by atoms with E-state index in [1.807, 2.05) is 0 Å². The number of H-pyrrole nitrogens is 1. The van der Waals surface area contributed by atoms with Crippen LogP contribution in [0.15, 0.2) is 35.3 Å². The Hall–Kier alpha value is -2.48. The standard InChI is InChI=1S/C18H17ClF2N4O2/c19-13-3-1-2-4-14(13)27-10-15-23-16-12(17(26)24-15)9-22-25(16)11-5-7-18(20,21)8-6-11/h1-4,9,11H,5-8,10H2,(H,23,24,26). The average molecular weight is 395 g/mol. The lowest BCUT2D eigenvalue weighted by Gasteiger charge is -2.28. The quantitative estimate of drug-likeness (QED) is 0.723. The summed E-state index contributed by atoms with van der Waals surface area (Å²) in [5.41, 5.74) is 0.0388. The summed E-state index contributed by atoms with van der Waals surface area (Å²) in [6, 6.07) is 6.78. The third-order valence-corrected chi connectivity index (χ3v) is 5.06. The third kappa shape index (κ3) is 3.66. The van der Waals surface area contributed by atoms with Crippen LogP contribution in [0.3, 0.4) is 0 Å². The second-order valence-corrected chi connectivity index (χ2v) is 7.05. The maximum absolute atomic E-state index is 13.4. The van der Waals surface area contributed by atoms with Gasteiger partial charge in [0.1, 0.15) is 23.6 Å². The van der Waals surface area contributed by atoms with Crippen molar-refractivity contribution in [3.63, 3.8) is 0 Å². The van der Waals surface area contributed by atoms with Crippen molar-refractivity contribution in [1.29, 1.82) is 0 Å². The average Bonchev–Trinajstić information content (AvgIpc) is 3.06. The molecular weight excluding hydrogens is 378 g/mol. The van der Waals surface area contributed by atoms with Crippen LogP contribution in [-0.2, 0) is 6.61 Å². The van der Waals surface area contributed by atoms with Crippen molar-refractivity contribution >= 4 is 22.6 Å². The maximum Gasteiger partial charge on any atom is 0.262 e. The number of halogens is 3. The zero-order chi connectivity index (χ0) is 19.0. The molecule has 0 bridgehead atoms. The minimum atomic E-state index is -2.63. The highest BCUT2D eigenvalue weighted by molar-refractivity contribution is 6.32. The topological polar surface area (TPSA) is 72.8 Å². The normalized spacial score (nSPS) is 17.3. The molecule has 2 aromatic heterocycles. The predicted octanol–water partition coefficient (Wildman–Crippen LogP) is 4.10. The Kier molecular flexibility index (Phi) is 4.59. The minimum Gasteiger partial charge on any atom is -0.484 e. The maximum atomic E-state index is 13.4. The van der Waals surface area contributed by atoms with E-state index in [1.54, 1.807) is 28.9 Å². The van der Waals surface area contributed by atoms with Crippen LogP contribution in [0.4, 0.5) is 8.78 Å². The first-order chi connectivity index (χ1) is 12.9. The van der Waals surface area contributed by atoms with E-state index < -0.39 is 5.92 Å². The summed E-state index contributed by atoms with van der Waals surface area (Å²) in [5, 5.41) is 5.01. The van der Waals surface area contributed by atoms with Crippen molar-refractivity contribution < 1.29 is 13.5 Å². The Morgan fingerprint density at radius 3 is 2.78 bits per heavy atom. The van der Waals surface area contributed by atoms with E-state index in [9.17, 15) is 13.6 Å². The van der Waals surface area contributed by atoms with Gasteiger partial charge in [-0.05, 0) is 25.0 Å². The van der Waals surface area contributed by atoms with Crippen LogP contribution in [0.5, 0.6) is 5.75 Å². The smallest absolute Gasteiger partial charge is 0.262 e. The highest BCUT2D eigenvalue weighted by Crippen LogP contribution is 2.38. The first-order valence-electron chi connectivity index (χ1n) is 8.64. The third-order valence-electron chi connectivity index (χ3n) is 4.75. The van der Waals surface area contributed by atoms with Gasteiger partial charge in [-0.3, -0.25) is 4.79 Å². The lowest BCUT2D eigenvalue weighted by molar-refractivity contribution is -0.0446. The molecule has 1 aromatic carbocycles. The molecule has 0 spiro atoms. The van der Waals surface area contributed by atoms with E-state index in [-0.39, 0.29) is 31.0 Å². The summed E-state index contributed by atoms with van der Waals surface area (Å²) in [6.07, 6.45) is 1.63. The molecule has 1 N–H and O–H groups in total. The molecule has 1 fully saturated rings. The number of aromatic amines is 1. The highest BCUT2D eigenvalue weighted by Gasteiger charge is 2.36. The molecule has 0 unspecified atom stereocenters. The molecule has 0 radical (unpaired) electrons. The molecule has 1 aliphatic carbocycles. The summed E-state index contributed by atoms with van der Waals surface area (Å²) in [4.78, 5) is 19.4. The summed E-state index contributed by atoms with van der Waals surface area (Å²) >= 11 is 6.06. The highest BCUT2D eigenvalue weighted by atomic mass is 35.5. The summed E-state index contributed by atoms with van der Waals surface area (Å²) in [7, 11) is 0. The van der Waals surface area contributed by atoms with Gasteiger partial charge in [-0.15, -0.1) is 0 Å². The fourth-order valence-corrected chi connectivity index (χ4v) is 3.48. The predicted molar refractivity (Wildman–Crippen MR) is 96.4 cm³/mol. The van der Waals surface area contributed by atoms with Crippen molar-refractivity contribution in [1.82, 2.24) is 19.7 Å². The van der Waals surface area contributed by atoms with E-state index in [0.29, 0.717) is 40.5 Å². The fourth-order valence-electron chi connectivity index (χ4n) is 3.29. The number of ether oxygens (including phenoxy) is 1. The van der Waals surface area contributed by atoms with Gasteiger partial charge in [0.2, 0.25) is 5.92 Å². The van der Waals surface area contributed by atoms with Crippen LogP contribution >= 0.6 is 11.6 Å². The molecule has 9 heteroatoms. The molecule has 0 atom stereocenters. The Morgan fingerprint density at radius 1 is 1.30 bits per heavy atom. The molecule has 142 valence electrons. The number of alkyl halides is 2. The van der Waals surface area contributed by atoms with Crippen LogP contribution in [0.2, 0.25) is 5.02 Å². The van der Waals surface area contributed by atoms with Gasteiger partial charge in [0.05, 0.1) is 17.3 Å². The minimum absolute atomic E-state index is 0.0167. The molecule has 0 amide bonds. The van der Waals surface area contributed by atoms with Gasteiger partial charge in [-0.2, -0.15) is 5.10 Å². The number of benzene rings is 1. The number of aromatic nitrogens is 4. The molecule has 4 rings (SSSR count). The number of nitrogens with zero attached hydrogens (tertiary/aromatic N) is 3. The summed E-state index contributed by atoms with van der Waals surface area (Å²) in [6.45, 7) is 0.0167. The molecular formula is C18H17ClF2N4O2. The molecule has 3 aromatic rings. The SMILES string of the molecule is O=c1[nH]c(COc2ccccc2Cl)nc2c1cnn2C1CCC(F)(F)CC1. The Bertz CT molecular complexity index is 1020. The Morgan fingerprint density at radius 2 is 2.04 bits per heavy atom. The van der Waals surface area contributed by atoms with Gasteiger partial charge in [0, 0.05) is 12.8 Å². The lowest BCUT2D eigenvalue weighted by Crippen LogP contribution is -2.27. The Labute approximate surface area is 158 Å². The number of hydrogen-bond donors (Lipinski definition) is 1. The number of nitrogens with one attached hydrogen (secondary N) is 1. The fraction of sp³-hybridized carbons (Fsp3) is 0.389. The van der Waals surface area contributed by atoms with Crippen LogP contribution in [0, 0.1) is 0 Å². The molecule has 6 nitrogen and oxygen atoms in total. The number of rotatable bonds is 4. The van der Waals surface area contributed by atoms with Crippen LogP contribution < -0.4 is 10.3 Å². The second-order valence-electron chi connectivity index (χ2n) is 6.65. The molecule has 1 saturated carbocycles. The van der Waals surface area contributed by atoms with Crippen molar-refractivity contribution in [2.75, 3.05) is 0 Å². The van der Waals surface area contributed by atoms with Crippen LogP contribution in [0.25, 0.3) is 11.0 Å². The van der Waals surface area contributed by atoms with Crippen LogP contribution in [0.1, 0.15) is 37.5 Å². The van der Waals surface area contributed by atoms with Gasteiger partial charge in [-0.25, -0.2) is 18.4 Å².